The standard InChI is InChI=1S/C23H25Cl2N5O4S/c1-33-18-6-3-13(9-19(18)34-2)7-8-26-20(31)12-35-23-28-21-15(11-27-29-21)22(32)30(23)17-5-4-14(24)10-16(17)25/h3-6,9-10,15,21,27,29H,7-8,11-12H2,1-2H3,(H,26,31). The molecule has 2 aromatic carbocycles. The summed E-state index contributed by atoms with van der Waals surface area (Å²) in [5.41, 5.74) is 7.46. The van der Waals surface area contributed by atoms with Crippen LogP contribution in [0.3, 0.4) is 0 Å². The van der Waals surface area contributed by atoms with Gasteiger partial charge >= 0.3 is 0 Å². The molecule has 4 rings (SSSR count). The molecule has 2 amide bonds. The fourth-order valence-corrected chi connectivity index (χ4v) is 5.18. The minimum Gasteiger partial charge on any atom is -0.493 e. The first-order valence-corrected chi connectivity index (χ1v) is 12.6. The van der Waals surface area contributed by atoms with Crippen molar-refractivity contribution in [1.82, 2.24) is 16.2 Å². The molecule has 1 saturated heterocycles. The van der Waals surface area contributed by atoms with Crippen molar-refractivity contribution in [2.24, 2.45) is 10.9 Å². The van der Waals surface area contributed by atoms with Crippen molar-refractivity contribution >= 4 is 57.6 Å². The molecule has 0 spiro atoms. The second-order valence-electron chi connectivity index (χ2n) is 7.84. The van der Waals surface area contributed by atoms with Crippen LogP contribution in [-0.4, -0.2) is 56.2 Å². The number of thioether (sulfide) groups is 1. The lowest BCUT2D eigenvalue weighted by molar-refractivity contribution is -0.121. The van der Waals surface area contributed by atoms with Crippen molar-refractivity contribution in [3.63, 3.8) is 0 Å². The highest BCUT2D eigenvalue weighted by Crippen LogP contribution is 2.35. The molecule has 186 valence electrons. The second kappa shape index (κ2) is 11.5. The third-order valence-electron chi connectivity index (χ3n) is 5.60. The highest BCUT2D eigenvalue weighted by molar-refractivity contribution is 8.14. The predicted molar refractivity (Wildman–Crippen MR) is 139 cm³/mol. The summed E-state index contributed by atoms with van der Waals surface area (Å²) in [6.45, 7) is 0.895. The van der Waals surface area contributed by atoms with Crippen LogP contribution < -0.4 is 30.5 Å². The number of amidine groups is 1. The van der Waals surface area contributed by atoms with E-state index < -0.39 is 6.17 Å². The molecule has 0 aromatic heterocycles. The average Bonchev–Trinajstić information content (AvgIpc) is 3.32. The smallest absolute Gasteiger partial charge is 0.241 e. The summed E-state index contributed by atoms with van der Waals surface area (Å²) in [5, 5.41) is 4.09. The van der Waals surface area contributed by atoms with E-state index in [-0.39, 0.29) is 23.5 Å². The normalized spacial score (nSPS) is 19.3. The predicted octanol–water partition coefficient (Wildman–Crippen LogP) is 2.86. The monoisotopic (exact) mass is 537 g/mol. The summed E-state index contributed by atoms with van der Waals surface area (Å²) in [6, 6.07) is 10.6. The molecule has 2 aliphatic rings. The van der Waals surface area contributed by atoms with Crippen LogP contribution in [-0.2, 0) is 16.0 Å². The first-order chi connectivity index (χ1) is 16.9. The third-order valence-corrected chi connectivity index (χ3v) is 7.09. The molecule has 0 radical (unpaired) electrons. The molecule has 9 nitrogen and oxygen atoms in total. The Labute approximate surface area is 217 Å². The minimum absolute atomic E-state index is 0.0879. The van der Waals surface area contributed by atoms with Gasteiger partial charge in [0.15, 0.2) is 16.7 Å². The zero-order valence-electron chi connectivity index (χ0n) is 19.1. The number of carbonyl (C=O) groups is 2. The minimum atomic E-state index is -0.402. The summed E-state index contributed by atoms with van der Waals surface area (Å²) >= 11 is 13.6. The molecule has 0 saturated carbocycles. The zero-order chi connectivity index (χ0) is 24.9. The summed E-state index contributed by atoms with van der Waals surface area (Å²) in [7, 11) is 3.17. The number of carbonyl (C=O) groups excluding carboxylic acids is 2. The van der Waals surface area contributed by atoms with Gasteiger partial charge in [0.05, 0.1) is 36.6 Å². The van der Waals surface area contributed by atoms with Gasteiger partial charge in [0.25, 0.3) is 0 Å². The van der Waals surface area contributed by atoms with Gasteiger partial charge in [-0.25, -0.2) is 10.4 Å². The molecule has 2 heterocycles. The van der Waals surface area contributed by atoms with Crippen molar-refractivity contribution in [2.75, 3.05) is 38.0 Å². The molecule has 1 fully saturated rings. The maximum atomic E-state index is 13.3. The number of hydrogen-bond donors (Lipinski definition) is 3. The molecule has 2 unspecified atom stereocenters. The first kappa shape index (κ1) is 25.6. The molecule has 12 heteroatoms. The number of ether oxygens (including phenoxy) is 2. The molecule has 0 bridgehead atoms. The lowest BCUT2D eigenvalue weighted by Gasteiger charge is -2.32. The van der Waals surface area contributed by atoms with E-state index in [9.17, 15) is 9.59 Å². The quantitative estimate of drug-likeness (QED) is 0.475. The largest absolute Gasteiger partial charge is 0.493 e. The lowest BCUT2D eigenvalue weighted by Crippen LogP contribution is -2.49. The van der Waals surface area contributed by atoms with E-state index in [2.05, 4.69) is 21.2 Å². The molecule has 3 N–H and O–H groups in total. The summed E-state index contributed by atoms with van der Waals surface area (Å²) < 4.78 is 10.6. The Morgan fingerprint density at radius 2 is 2.00 bits per heavy atom. The number of hydrazine groups is 1. The molecule has 35 heavy (non-hydrogen) atoms. The fourth-order valence-electron chi connectivity index (χ4n) is 3.82. The number of rotatable bonds is 8. The van der Waals surface area contributed by atoms with Gasteiger partial charge in [0, 0.05) is 18.1 Å². The van der Waals surface area contributed by atoms with Crippen LogP contribution in [0.1, 0.15) is 5.56 Å². The van der Waals surface area contributed by atoms with Gasteiger partial charge in [-0.15, -0.1) is 0 Å². The van der Waals surface area contributed by atoms with E-state index >= 15 is 0 Å². The van der Waals surface area contributed by atoms with Gasteiger partial charge in [-0.3, -0.25) is 19.9 Å². The van der Waals surface area contributed by atoms with E-state index in [4.69, 9.17) is 32.7 Å². The average molecular weight is 538 g/mol. The Morgan fingerprint density at radius 1 is 1.20 bits per heavy atom. The van der Waals surface area contributed by atoms with Crippen molar-refractivity contribution in [3.05, 3.63) is 52.0 Å². The number of benzene rings is 2. The Hall–Kier alpha value is -2.50. The number of nitrogens with one attached hydrogen (secondary N) is 3. The summed E-state index contributed by atoms with van der Waals surface area (Å²) in [5.74, 6) is 0.682. The van der Waals surface area contributed by atoms with Gasteiger partial charge in [0.2, 0.25) is 11.8 Å². The molecular weight excluding hydrogens is 513 g/mol. The second-order valence-corrected chi connectivity index (χ2v) is 9.62. The highest BCUT2D eigenvalue weighted by atomic mass is 35.5. The lowest BCUT2D eigenvalue weighted by atomic mass is 10.0. The molecular formula is C23H25Cl2N5O4S. The third kappa shape index (κ3) is 5.84. The topological polar surface area (TPSA) is 104 Å². The SMILES string of the molecule is COc1ccc(CCNC(=O)CSC2=NC3NNCC3C(=O)N2c2ccc(Cl)cc2Cl)cc1OC. The van der Waals surface area contributed by atoms with Gasteiger partial charge in [-0.1, -0.05) is 41.0 Å². The maximum Gasteiger partial charge on any atom is 0.241 e. The van der Waals surface area contributed by atoms with Gasteiger partial charge in [-0.2, -0.15) is 0 Å². The summed E-state index contributed by atoms with van der Waals surface area (Å²) in [6.07, 6.45) is 0.225. The van der Waals surface area contributed by atoms with Crippen LogP contribution in [0.25, 0.3) is 0 Å². The number of halogens is 2. The Kier molecular flexibility index (Phi) is 8.40. The number of aliphatic imine (C=N–C) groups is 1. The highest BCUT2D eigenvalue weighted by Gasteiger charge is 2.42. The van der Waals surface area contributed by atoms with Crippen molar-refractivity contribution in [3.8, 4) is 11.5 Å². The first-order valence-electron chi connectivity index (χ1n) is 10.9. The number of hydrogen-bond acceptors (Lipinski definition) is 8. The fraction of sp³-hybridized carbons (Fsp3) is 0.348. The van der Waals surface area contributed by atoms with E-state index in [1.807, 2.05) is 18.2 Å². The molecule has 0 aliphatic carbocycles. The number of fused-ring (bicyclic) bond motifs is 1. The van der Waals surface area contributed by atoms with Gasteiger partial charge < -0.3 is 14.8 Å². The van der Waals surface area contributed by atoms with Gasteiger partial charge in [-0.05, 0) is 42.3 Å². The maximum absolute atomic E-state index is 13.3. The van der Waals surface area contributed by atoms with E-state index in [1.165, 1.54) is 16.7 Å². The number of methoxy groups -OCH3 is 2. The van der Waals surface area contributed by atoms with Crippen LogP contribution in [0.5, 0.6) is 11.5 Å². The van der Waals surface area contributed by atoms with E-state index in [1.54, 1.807) is 32.4 Å². The van der Waals surface area contributed by atoms with Crippen LogP contribution in [0, 0.1) is 5.92 Å². The van der Waals surface area contributed by atoms with Crippen LogP contribution in [0.15, 0.2) is 41.4 Å². The van der Waals surface area contributed by atoms with Gasteiger partial charge in [0.1, 0.15) is 6.17 Å². The zero-order valence-corrected chi connectivity index (χ0v) is 21.5. The summed E-state index contributed by atoms with van der Waals surface area (Å²) in [4.78, 5) is 32.0. The van der Waals surface area contributed by atoms with Crippen LogP contribution >= 0.6 is 35.0 Å². The number of nitrogens with zero attached hydrogens (tertiary/aromatic N) is 2. The molecule has 2 aliphatic heterocycles. The van der Waals surface area contributed by atoms with E-state index in [0.717, 1.165) is 5.56 Å². The Bertz CT molecular complexity index is 1150. The van der Waals surface area contributed by atoms with Crippen molar-refractivity contribution < 1.29 is 19.1 Å². The van der Waals surface area contributed by atoms with Crippen LogP contribution in [0.2, 0.25) is 10.0 Å². The van der Waals surface area contributed by atoms with Crippen LogP contribution in [0.4, 0.5) is 5.69 Å². The molecule has 2 aromatic rings. The molecule has 2 atom stereocenters. The Morgan fingerprint density at radius 3 is 2.74 bits per heavy atom. The Balaban J connectivity index is 1.39. The van der Waals surface area contributed by atoms with Crippen molar-refractivity contribution in [1.29, 1.82) is 0 Å². The van der Waals surface area contributed by atoms with E-state index in [0.29, 0.717) is 51.9 Å². The number of amides is 2. The van der Waals surface area contributed by atoms with Crippen molar-refractivity contribution in [2.45, 2.75) is 12.6 Å². The number of anilines is 1.